The highest BCUT2D eigenvalue weighted by Crippen LogP contribution is 2.44. The summed E-state index contributed by atoms with van der Waals surface area (Å²) in [5.74, 6) is 1.27. The molecule has 1 aliphatic rings. The number of rotatable bonds is 9. The Morgan fingerprint density at radius 1 is 0.603 bits per heavy atom. The topological polar surface area (TPSA) is 94.6 Å². The van der Waals surface area contributed by atoms with Gasteiger partial charge in [-0.05, 0) is 96.5 Å². The van der Waals surface area contributed by atoms with Crippen LogP contribution in [0.4, 0.5) is 0 Å². The van der Waals surface area contributed by atoms with Crippen LogP contribution in [0.1, 0.15) is 224 Å². The molecule has 0 N–H and O–H groups in total. The van der Waals surface area contributed by atoms with Crippen LogP contribution in [0.3, 0.4) is 0 Å². The van der Waals surface area contributed by atoms with Gasteiger partial charge in [-0.3, -0.25) is 19.2 Å². The van der Waals surface area contributed by atoms with E-state index < -0.39 is 5.97 Å². The average Bonchev–Trinajstić information content (AvgIpc) is 4.08. The third kappa shape index (κ3) is 51.1. The summed E-state index contributed by atoms with van der Waals surface area (Å²) in [5.41, 5.74) is 3.79. The van der Waals surface area contributed by atoms with Crippen molar-refractivity contribution in [2.75, 3.05) is 6.61 Å². The van der Waals surface area contributed by atoms with E-state index in [-0.39, 0.29) is 62.2 Å². The highest BCUT2D eigenvalue weighted by atomic mass is 35.5. The lowest BCUT2D eigenvalue weighted by Gasteiger charge is -2.18. The number of ketones is 4. The minimum absolute atomic E-state index is 0.0710. The van der Waals surface area contributed by atoms with Crippen molar-refractivity contribution in [2.45, 2.75) is 218 Å². The SMILES string of the molecule is C/C=C/C(=O)C(C)(C)C.C=C(C)C(=O)C(C)(C)C.C=C(C)C(=O)OCCCC(=O)C(C)(C)C.C=C(Cl)C(C)(C)C.C=CC(=O)C(C)(C)C.C=CC(C)(C)C.C=Cc1ccc(C(C)(C)C)cc1.CC(C)(C)C1CC1. The molecule has 0 unspecified atom stereocenters. The maximum atomic E-state index is 11.5. The molecule has 73 heavy (non-hydrogen) atoms. The van der Waals surface area contributed by atoms with E-state index in [9.17, 15) is 24.0 Å². The molecular weight excluding hydrogens is 924 g/mol. The van der Waals surface area contributed by atoms with Gasteiger partial charge in [0.25, 0.3) is 0 Å². The summed E-state index contributed by atoms with van der Waals surface area (Å²) >= 11 is 5.56. The minimum atomic E-state index is -0.391. The van der Waals surface area contributed by atoms with Gasteiger partial charge in [-0.1, -0.05) is 253 Å². The van der Waals surface area contributed by atoms with Gasteiger partial charge in [0.05, 0.1) is 6.61 Å². The average molecular weight is 1040 g/mol. The van der Waals surface area contributed by atoms with Crippen molar-refractivity contribution in [2.24, 2.45) is 43.8 Å². The number of carbonyl (C=O) groups is 5. The summed E-state index contributed by atoms with van der Waals surface area (Å²) in [4.78, 5) is 55.2. The molecule has 0 saturated heterocycles. The number of benzene rings is 1. The first-order chi connectivity index (χ1) is 32.2. The number of esters is 1. The van der Waals surface area contributed by atoms with Crippen molar-refractivity contribution in [1.82, 2.24) is 0 Å². The van der Waals surface area contributed by atoms with E-state index in [0.717, 1.165) is 5.92 Å². The maximum Gasteiger partial charge on any atom is 0.333 e. The van der Waals surface area contributed by atoms with Crippen molar-refractivity contribution in [3.05, 3.63) is 115 Å². The number of carbonyl (C=O) groups excluding carboxylic acids is 5. The van der Waals surface area contributed by atoms with Crippen molar-refractivity contribution < 1.29 is 28.7 Å². The Hall–Kier alpha value is -4.16. The molecule has 1 aromatic carbocycles. The monoisotopic (exact) mass is 1040 g/mol. The molecule has 0 bridgehead atoms. The van der Waals surface area contributed by atoms with Crippen LogP contribution in [0.2, 0.25) is 0 Å². The molecule has 0 aromatic heterocycles. The van der Waals surface area contributed by atoms with Gasteiger partial charge in [0, 0.05) is 38.7 Å². The predicted molar refractivity (Wildman–Crippen MR) is 324 cm³/mol. The molecular formula is C66H113ClO6. The predicted octanol–water partition coefficient (Wildman–Crippen LogP) is 19.7. The second-order valence-corrected chi connectivity index (χ2v) is 27.4. The molecule has 0 spiro atoms. The lowest BCUT2D eigenvalue weighted by Crippen LogP contribution is -2.20. The number of Topliss-reactive ketones (excluding diaryl/α,β-unsaturated/α-hetero) is 2. The minimum Gasteiger partial charge on any atom is -0.462 e. The summed E-state index contributed by atoms with van der Waals surface area (Å²) < 4.78 is 4.88. The fourth-order valence-corrected chi connectivity index (χ4v) is 4.31. The van der Waals surface area contributed by atoms with Crippen molar-refractivity contribution in [1.29, 1.82) is 0 Å². The summed E-state index contributed by atoms with van der Waals surface area (Å²) in [5, 5.41) is 0.715. The van der Waals surface area contributed by atoms with Crippen LogP contribution in [0.25, 0.3) is 6.08 Å². The van der Waals surface area contributed by atoms with Crippen LogP contribution < -0.4 is 0 Å². The van der Waals surface area contributed by atoms with Gasteiger partial charge in [-0.15, -0.1) is 6.58 Å². The second-order valence-electron chi connectivity index (χ2n) is 26.9. The zero-order valence-corrected chi connectivity index (χ0v) is 53.1. The van der Waals surface area contributed by atoms with Gasteiger partial charge in [-0.2, -0.15) is 0 Å². The molecule has 0 aliphatic heterocycles. The fourth-order valence-electron chi connectivity index (χ4n) is 4.31. The fraction of sp³-hybridized carbons (Fsp3) is 0.621. The van der Waals surface area contributed by atoms with Crippen LogP contribution in [-0.4, -0.2) is 35.7 Å². The third-order valence-corrected chi connectivity index (χ3v) is 10.8. The highest BCUT2D eigenvalue weighted by molar-refractivity contribution is 6.29. The van der Waals surface area contributed by atoms with Gasteiger partial charge >= 0.3 is 5.97 Å². The Morgan fingerprint density at radius 3 is 1.14 bits per heavy atom. The molecule has 420 valence electrons. The van der Waals surface area contributed by atoms with E-state index in [1.807, 2.05) is 123 Å². The quantitative estimate of drug-likeness (QED) is 0.106. The Morgan fingerprint density at radius 2 is 0.986 bits per heavy atom. The third-order valence-electron chi connectivity index (χ3n) is 10.3. The summed E-state index contributed by atoms with van der Waals surface area (Å²) in [6.45, 7) is 75.6. The maximum absolute atomic E-state index is 11.5. The molecule has 1 aromatic rings. The molecule has 0 radical (unpaired) electrons. The first-order valence-electron chi connectivity index (χ1n) is 25.8. The number of hydrogen-bond donors (Lipinski definition) is 0. The number of allylic oxidation sites excluding steroid dienone is 6. The Bertz CT molecular complexity index is 1890. The Balaban J connectivity index is -0.000000179. The normalized spacial score (nSPS) is 12.4. The molecule has 7 heteroatoms. The van der Waals surface area contributed by atoms with E-state index in [4.69, 9.17) is 16.3 Å². The van der Waals surface area contributed by atoms with Crippen LogP contribution in [-0.2, 0) is 34.1 Å². The Kier molecular flexibility index (Phi) is 39.5. The van der Waals surface area contributed by atoms with Crippen LogP contribution in [0.5, 0.6) is 0 Å². The van der Waals surface area contributed by atoms with Crippen LogP contribution >= 0.6 is 11.6 Å². The first-order valence-corrected chi connectivity index (χ1v) is 26.2. The Labute approximate surface area is 457 Å². The largest absolute Gasteiger partial charge is 0.462 e. The lowest BCUT2D eigenvalue weighted by atomic mass is 9.87. The van der Waals surface area contributed by atoms with Gasteiger partial charge in [0.1, 0.15) is 5.78 Å². The molecule has 1 fully saturated rings. The van der Waals surface area contributed by atoms with Gasteiger partial charge < -0.3 is 4.74 Å². The summed E-state index contributed by atoms with van der Waals surface area (Å²) in [7, 11) is 0. The van der Waals surface area contributed by atoms with E-state index in [0.29, 0.717) is 39.9 Å². The molecule has 6 nitrogen and oxygen atoms in total. The van der Waals surface area contributed by atoms with Gasteiger partial charge in [0.15, 0.2) is 17.3 Å². The molecule has 1 aliphatic carbocycles. The molecule has 0 heterocycles. The number of hydrogen-bond acceptors (Lipinski definition) is 6. The summed E-state index contributed by atoms with van der Waals surface area (Å²) in [6.07, 6.45) is 12.5. The molecule has 0 amide bonds. The van der Waals surface area contributed by atoms with Crippen molar-refractivity contribution in [3.63, 3.8) is 0 Å². The molecule has 2 rings (SSSR count). The van der Waals surface area contributed by atoms with Gasteiger partial charge in [0.2, 0.25) is 0 Å². The number of halogens is 1. The lowest BCUT2D eigenvalue weighted by molar-refractivity contribution is -0.139. The van der Waals surface area contributed by atoms with Gasteiger partial charge in [-0.25, -0.2) is 4.79 Å². The van der Waals surface area contributed by atoms with E-state index in [2.05, 4.69) is 126 Å². The van der Waals surface area contributed by atoms with Crippen molar-refractivity contribution in [3.8, 4) is 0 Å². The smallest absolute Gasteiger partial charge is 0.333 e. The number of ether oxygens (including phenoxy) is 1. The molecule has 0 atom stereocenters. The summed E-state index contributed by atoms with van der Waals surface area (Å²) in [6, 6.07) is 8.54. The highest BCUT2D eigenvalue weighted by Gasteiger charge is 2.33. The van der Waals surface area contributed by atoms with E-state index >= 15 is 0 Å². The van der Waals surface area contributed by atoms with Crippen molar-refractivity contribution >= 4 is 46.8 Å². The first kappa shape index (κ1) is 80.2. The molecule has 1 saturated carbocycles. The van der Waals surface area contributed by atoms with E-state index in [1.165, 1.54) is 30.0 Å². The second kappa shape index (κ2) is 35.9. The van der Waals surface area contributed by atoms with E-state index in [1.54, 1.807) is 26.0 Å². The van der Waals surface area contributed by atoms with Crippen LogP contribution in [0, 0.1) is 43.8 Å². The standard InChI is InChI=1S/C12H20O3.C12H16.2C8H14O.C7H12O.C7H14.C6H11Cl.C6H12/c1-9(2)11(14)15-8-6-7-10(13)12(3,4)5;1-5-10-6-8-11(9-7-10)12(2,3)4;1-6(2)7(9)8(3,4)5;1-5-6-7(9)8(2,3)4;1-5-6(8)7(2,3)4;1-7(2,3)6-4-5-6;1-5(7)6(2,3)4;1-5-6(2,3)4/h1,6-8H2,2-5H3;5-9H,1H2,2-4H3;1H2,2-5H3;5-6H,1-4H3;5H,1H2,2-4H3;6H,4-5H2,1-3H3;1H2,2-4H3;5H,1H2,2-4H3/b;;;6-5+;;;;. The van der Waals surface area contributed by atoms with Crippen LogP contribution in [0.15, 0.2) is 104 Å². The zero-order chi connectivity index (χ0) is 60.0. The zero-order valence-electron chi connectivity index (χ0n) is 52.4.